The fourth-order valence-electron chi connectivity index (χ4n) is 2.44. The normalized spacial score (nSPS) is 20.6. The first-order chi connectivity index (χ1) is 8.22. The lowest BCUT2D eigenvalue weighted by molar-refractivity contribution is 0.0598. The molecule has 17 heavy (non-hydrogen) atoms. The van der Waals surface area contributed by atoms with Gasteiger partial charge >= 0.3 is 0 Å². The monoisotopic (exact) mass is 236 g/mol. The highest BCUT2D eigenvalue weighted by molar-refractivity contribution is 5.92. The van der Waals surface area contributed by atoms with Crippen molar-refractivity contribution in [3.63, 3.8) is 0 Å². The summed E-state index contributed by atoms with van der Waals surface area (Å²) in [6.45, 7) is 1.47. The number of piperidine rings is 1. The van der Waals surface area contributed by atoms with Crippen LogP contribution < -0.4 is 5.73 Å². The molecule has 1 atom stereocenters. The fourth-order valence-corrected chi connectivity index (χ4v) is 2.44. The second-order valence-electron chi connectivity index (χ2n) is 4.60. The summed E-state index contributed by atoms with van der Waals surface area (Å²) in [5.74, 6) is 0.0451. The van der Waals surface area contributed by atoms with Gasteiger partial charge in [-0.1, -0.05) is 0 Å². The van der Waals surface area contributed by atoms with E-state index >= 15 is 0 Å². The Kier molecular flexibility index (Phi) is 3.78. The predicted octanol–water partition coefficient (Wildman–Crippen LogP) is 0.764. The number of amides is 1. The van der Waals surface area contributed by atoms with Crippen LogP contribution in [0.25, 0.3) is 0 Å². The van der Waals surface area contributed by atoms with E-state index in [4.69, 9.17) is 5.73 Å². The Morgan fingerprint density at radius 3 is 3.06 bits per heavy atom. The molecular weight excluding hydrogens is 216 g/mol. The van der Waals surface area contributed by atoms with E-state index in [0.717, 1.165) is 25.8 Å². The van der Waals surface area contributed by atoms with E-state index in [0.29, 0.717) is 18.3 Å². The van der Waals surface area contributed by atoms with Gasteiger partial charge in [-0.15, -0.1) is 0 Å². The number of aryl methyl sites for hydroxylation is 1. The van der Waals surface area contributed by atoms with Crippen molar-refractivity contribution in [1.82, 2.24) is 14.7 Å². The van der Waals surface area contributed by atoms with Crippen LogP contribution in [0.5, 0.6) is 0 Å². The minimum atomic E-state index is 0.0451. The Bertz CT molecular complexity index is 386. The Hall–Kier alpha value is -1.36. The number of carbonyl (C=O) groups excluding carboxylic acids is 1. The quantitative estimate of drug-likeness (QED) is 0.843. The highest BCUT2D eigenvalue weighted by Gasteiger charge is 2.27. The zero-order valence-corrected chi connectivity index (χ0v) is 10.3. The molecule has 1 unspecified atom stereocenters. The van der Waals surface area contributed by atoms with Gasteiger partial charge in [-0.3, -0.25) is 9.48 Å². The maximum absolute atomic E-state index is 12.3. The van der Waals surface area contributed by atoms with E-state index in [-0.39, 0.29) is 5.91 Å². The summed E-state index contributed by atoms with van der Waals surface area (Å²) in [6.07, 6.45) is 6.03. The van der Waals surface area contributed by atoms with Crippen molar-refractivity contribution >= 4 is 5.91 Å². The van der Waals surface area contributed by atoms with Crippen molar-refractivity contribution in [1.29, 1.82) is 0 Å². The minimum Gasteiger partial charge on any atom is -0.334 e. The molecule has 0 radical (unpaired) electrons. The van der Waals surface area contributed by atoms with E-state index in [1.165, 1.54) is 6.42 Å². The van der Waals surface area contributed by atoms with E-state index in [1.807, 2.05) is 11.9 Å². The predicted molar refractivity (Wildman–Crippen MR) is 65.6 cm³/mol. The minimum absolute atomic E-state index is 0.0451. The van der Waals surface area contributed by atoms with Gasteiger partial charge < -0.3 is 10.6 Å². The van der Waals surface area contributed by atoms with E-state index < -0.39 is 0 Å². The number of hydrogen-bond acceptors (Lipinski definition) is 3. The number of hydrogen-bond donors (Lipinski definition) is 1. The van der Waals surface area contributed by atoms with Gasteiger partial charge in [0.15, 0.2) is 0 Å². The number of carbonyl (C=O) groups is 1. The van der Waals surface area contributed by atoms with Crippen LogP contribution in [-0.2, 0) is 7.05 Å². The lowest BCUT2D eigenvalue weighted by Crippen LogP contribution is -2.44. The van der Waals surface area contributed by atoms with Gasteiger partial charge in [-0.05, 0) is 38.3 Å². The van der Waals surface area contributed by atoms with Crippen molar-refractivity contribution in [2.24, 2.45) is 12.8 Å². The molecule has 2 heterocycles. The lowest BCUT2D eigenvalue weighted by Gasteiger charge is -2.35. The second-order valence-corrected chi connectivity index (χ2v) is 4.60. The van der Waals surface area contributed by atoms with Crippen LogP contribution in [0.3, 0.4) is 0 Å². The van der Waals surface area contributed by atoms with Crippen LogP contribution >= 0.6 is 0 Å². The molecule has 2 rings (SSSR count). The highest BCUT2D eigenvalue weighted by atomic mass is 16.2. The first-order valence-corrected chi connectivity index (χ1v) is 6.23. The van der Waals surface area contributed by atoms with Gasteiger partial charge in [0.05, 0.1) is 0 Å². The molecule has 1 aromatic heterocycles. The Labute approximate surface area is 102 Å². The second kappa shape index (κ2) is 5.31. The van der Waals surface area contributed by atoms with E-state index in [2.05, 4.69) is 5.10 Å². The standard InChI is InChI=1S/C12H20N4O/c1-15-9-6-11(14-15)12(17)16-8-3-2-4-10(16)5-7-13/h6,9-10H,2-5,7-8,13H2,1H3. The van der Waals surface area contributed by atoms with Crippen LogP contribution in [0.1, 0.15) is 36.2 Å². The maximum Gasteiger partial charge on any atom is 0.274 e. The third-order valence-electron chi connectivity index (χ3n) is 3.32. The van der Waals surface area contributed by atoms with Crippen molar-refractivity contribution in [2.45, 2.75) is 31.7 Å². The molecule has 2 N–H and O–H groups in total. The molecule has 5 heteroatoms. The van der Waals surface area contributed by atoms with Crippen molar-refractivity contribution in [3.8, 4) is 0 Å². The lowest BCUT2D eigenvalue weighted by atomic mass is 9.99. The molecule has 0 spiro atoms. The first kappa shape index (κ1) is 12.1. The SMILES string of the molecule is Cn1ccc(C(=O)N2CCCCC2CCN)n1. The average molecular weight is 236 g/mol. The summed E-state index contributed by atoms with van der Waals surface area (Å²) in [7, 11) is 1.82. The summed E-state index contributed by atoms with van der Waals surface area (Å²) in [6, 6.07) is 2.07. The molecule has 1 fully saturated rings. The fraction of sp³-hybridized carbons (Fsp3) is 0.667. The Morgan fingerprint density at radius 1 is 1.59 bits per heavy atom. The van der Waals surface area contributed by atoms with Gasteiger partial charge in [0.1, 0.15) is 5.69 Å². The van der Waals surface area contributed by atoms with Crippen molar-refractivity contribution in [3.05, 3.63) is 18.0 Å². The summed E-state index contributed by atoms with van der Waals surface area (Å²) in [5, 5.41) is 4.17. The Morgan fingerprint density at radius 2 is 2.41 bits per heavy atom. The van der Waals surface area contributed by atoms with Crippen LogP contribution in [0.4, 0.5) is 0 Å². The zero-order chi connectivity index (χ0) is 12.3. The number of likely N-dealkylation sites (tertiary alicyclic amines) is 1. The summed E-state index contributed by atoms with van der Waals surface area (Å²) in [5.41, 5.74) is 6.15. The third kappa shape index (κ3) is 2.66. The van der Waals surface area contributed by atoms with Gasteiger partial charge in [-0.25, -0.2) is 0 Å². The number of aromatic nitrogens is 2. The molecule has 0 aliphatic carbocycles. The molecule has 94 valence electrons. The van der Waals surface area contributed by atoms with Crippen LogP contribution in [-0.4, -0.2) is 39.7 Å². The largest absolute Gasteiger partial charge is 0.334 e. The van der Waals surface area contributed by atoms with Gasteiger partial charge in [0, 0.05) is 25.8 Å². The number of nitrogens with zero attached hydrogens (tertiary/aromatic N) is 3. The van der Waals surface area contributed by atoms with Gasteiger partial charge in [0.25, 0.3) is 5.91 Å². The molecule has 5 nitrogen and oxygen atoms in total. The highest BCUT2D eigenvalue weighted by Crippen LogP contribution is 2.21. The molecular formula is C12H20N4O. The van der Waals surface area contributed by atoms with E-state index in [9.17, 15) is 4.79 Å². The van der Waals surface area contributed by atoms with Gasteiger partial charge in [0.2, 0.25) is 0 Å². The van der Waals surface area contributed by atoms with Gasteiger partial charge in [-0.2, -0.15) is 5.10 Å². The van der Waals surface area contributed by atoms with Crippen molar-refractivity contribution in [2.75, 3.05) is 13.1 Å². The average Bonchev–Trinajstić information content (AvgIpc) is 2.76. The molecule has 0 saturated carbocycles. The zero-order valence-electron chi connectivity index (χ0n) is 10.3. The molecule has 1 saturated heterocycles. The maximum atomic E-state index is 12.3. The molecule has 1 aliphatic heterocycles. The van der Waals surface area contributed by atoms with E-state index in [1.54, 1.807) is 16.9 Å². The smallest absolute Gasteiger partial charge is 0.274 e. The molecule has 1 amide bonds. The molecule has 0 bridgehead atoms. The summed E-state index contributed by atoms with van der Waals surface area (Å²) in [4.78, 5) is 14.3. The topological polar surface area (TPSA) is 64.2 Å². The number of nitrogens with two attached hydrogens (primary N) is 1. The number of rotatable bonds is 3. The van der Waals surface area contributed by atoms with Crippen LogP contribution in [0, 0.1) is 0 Å². The Balaban J connectivity index is 2.10. The first-order valence-electron chi connectivity index (χ1n) is 6.23. The van der Waals surface area contributed by atoms with Crippen molar-refractivity contribution < 1.29 is 4.79 Å². The van der Waals surface area contributed by atoms with Crippen LogP contribution in [0.2, 0.25) is 0 Å². The molecule has 0 aromatic carbocycles. The molecule has 1 aromatic rings. The van der Waals surface area contributed by atoms with Crippen LogP contribution in [0.15, 0.2) is 12.3 Å². The summed E-state index contributed by atoms with van der Waals surface area (Å²) >= 11 is 0. The summed E-state index contributed by atoms with van der Waals surface area (Å²) < 4.78 is 1.66. The molecule has 1 aliphatic rings. The third-order valence-corrected chi connectivity index (χ3v) is 3.32.